The maximum Gasteiger partial charge on any atom is 0.335 e. The van der Waals surface area contributed by atoms with Crippen molar-refractivity contribution < 1.29 is 19.8 Å². The van der Waals surface area contributed by atoms with Gasteiger partial charge in [0.15, 0.2) is 6.10 Å². The standard InChI is InChI=1S/C9H7NO4/c11-7-5-2-1-4(9(13)14)3-6(5)10-8(7)12/h1-3,7,11H,(H,10,12)(H,13,14). The molecule has 0 saturated heterocycles. The van der Waals surface area contributed by atoms with Crippen molar-refractivity contribution in [3.8, 4) is 0 Å². The number of benzene rings is 1. The van der Waals surface area contributed by atoms with E-state index in [9.17, 15) is 14.7 Å². The lowest BCUT2D eigenvalue weighted by Crippen LogP contribution is -2.10. The Bertz CT molecular complexity index is 427. The van der Waals surface area contributed by atoms with Gasteiger partial charge in [0.25, 0.3) is 5.91 Å². The molecule has 5 heteroatoms. The van der Waals surface area contributed by atoms with E-state index >= 15 is 0 Å². The first kappa shape index (κ1) is 8.71. The number of carbonyl (C=O) groups excluding carboxylic acids is 1. The highest BCUT2D eigenvalue weighted by Crippen LogP contribution is 2.31. The van der Waals surface area contributed by atoms with E-state index in [1.807, 2.05) is 0 Å². The van der Waals surface area contributed by atoms with Gasteiger partial charge in [0, 0.05) is 11.3 Å². The molecular weight excluding hydrogens is 186 g/mol. The molecular formula is C9H7NO4. The Hall–Kier alpha value is -1.88. The number of hydrogen-bond donors (Lipinski definition) is 3. The topological polar surface area (TPSA) is 86.6 Å². The predicted molar refractivity (Wildman–Crippen MR) is 47.0 cm³/mol. The van der Waals surface area contributed by atoms with E-state index in [1.54, 1.807) is 0 Å². The molecule has 1 aromatic carbocycles. The highest BCUT2D eigenvalue weighted by atomic mass is 16.4. The molecule has 0 aromatic heterocycles. The van der Waals surface area contributed by atoms with E-state index < -0.39 is 18.0 Å². The van der Waals surface area contributed by atoms with Crippen LogP contribution in [0.1, 0.15) is 22.0 Å². The van der Waals surface area contributed by atoms with E-state index in [0.29, 0.717) is 11.3 Å². The second kappa shape index (κ2) is 2.81. The van der Waals surface area contributed by atoms with Crippen LogP contribution in [0.2, 0.25) is 0 Å². The third-order valence-corrected chi connectivity index (χ3v) is 2.10. The summed E-state index contributed by atoms with van der Waals surface area (Å²) in [4.78, 5) is 21.6. The van der Waals surface area contributed by atoms with Gasteiger partial charge in [-0.1, -0.05) is 6.07 Å². The highest BCUT2D eigenvalue weighted by molar-refractivity contribution is 6.03. The smallest absolute Gasteiger partial charge is 0.335 e. The Morgan fingerprint density at radius 3 is 2.79 bits per heavy atom. The largest absolute Gasteiger partial charge is 0.478 e. The van der Waals surface area contributed by atoms with Gasteiger partial charge in [-0.2, -0.15) is 0 Å². The molecule has 2 rings (SSSR count). The fourth-order valence-corrected chi connectivity index (χ4v) is 1.38. The zero-order valence-electron chi connectivity index (χ0n) is 7.02. The van der Waals surface area contributed by atoms with Crippen LogP contribution in [0.4, 0.5) is 5.69 Å². The van der Waals surface area contributed by atoms with Crippen molar-refractivity contribution in [1.82, 2.24) is 0 Å². The number of aromatic carboxylic acids is 1. The summed E-state index contributed by atoms with van der Waals surface area (Å²) < 4.78 is 0. The molecule has 0 radical (unpaired) electrons. The van der Waals surface area contributed by atoms with Crippen LogP contribution in [-0.2, 0) is 4.79 Å². The predicted octanol–water partition coefficient (Wildman–Crippen LogP) is 0.370. The fourth-order valence-electron chi connectivity index (χ4n) is 1.38. The molecule has 0 aliphatic carbocycles. The number of carboxylic acids is 1. The summed E-state index contributed by atoms with van der Waals surface area (Å²) in [5.41, 5.74) is 0.862. The molecule has 14 heavy (non-hydrogen) atoms. The van der Waals surface area contributed by atoms with Gasteiger partial charge in [0.05, 0.1) is 5.56 Å². The average Bonchev–Trinajstić information content (AvgIpc) is 2.42. The summed E-state index contributed by atoms with van der Waals surface area (Å²) >= 11 is 0. The minimum atomic E-state index is -1.19. The van der Waals surface area contributed by atoms with Gasteiger partial charge in [-0.3, -0.25) is 4.79 Å². The molecule has 5 nitrogen and oxygen atoms in total. The Labute approximate surface area is 79.0 Å². The number of nitrogens with one attached hydrogen (secondary N) is 1. The Balaban J connectivity index is 2.49. The molecule has 1 unspecified atom stereocenters. The van der Waals surface area contributed by atoms with Crippen LogP contribution in [0.3, 0.4) is 0 Å². The first-order valence-electron chi connectivity index (χ1n) is 3.96. The number of carbonyl (C=O) groups is 2. The van der Waals surface area contributed by atoms with Crippen molar-refractivity contribution in [2.45, 2.75) is 6.10 Å². The molecule has 1 heterocycles. The summed E-state index contributed by atoms with van der Waals surface area (Å²) in [5, 5.41) is 20.4. The monoisotopic (exact) mass is 193 g/mol. The van der Waals surface area contributed by atoms with Gasteiger partial charge in [0.1, 0.15) is 0 Å². The van der Waals surface area contributed by atoms with E-state index in [4.69, 9.17) is 5.11 Å². The van der Waals surface area contributed by atoms with Gasteiger partial charge in [0.2, 0.25) is 0 Å². The van der Waals surface area contributed by atoms with Crippen LogP contribution in [0.25, 0.3) is 0 Å². The van der Waals surface area contributed by atoms with E-state index in [-0.39, 0.29) is 5.56 Å². The maximum absolute atomic E-state index is 11.0. The van der Waals surface area contributed by atoms with Crippen LogP contribution in [0.15, 0.2) is 18.2 Å². The molecule has 1 amide bonds. The molecule has 0 spiro atoms. The normalized spacial score (nSPS) is 18.9. The number of rotatable bonds is 1. The lowest BCUT2D eigenvalue weighted by atomic mass is 10.1. The zero-order chi connectivity index (χ0) is 10.3. The number of aliphatic hydroxyl groups excluding tert-OH is 1. The minimum Gasteiger partial charge on any atom is -0.478 e. The first-order chi connectivity index (χ1) is 6.59. The van der Waals surface area contributed by atoms with Gasteiger partial charge in [-0.05, 0) is 12.1 Å². The van der Waals surface area contributed by atoms with E-state index in [2.05, 4.69) is 5.32 Å². The van der Waals surface area contributed by atoms with Gasteiger partial charge >= 0.3 is 5.97 Å². The van der Waals surface area contributed by atoms with Crippen LogP contribution in [0.5, 0.6) is 0 Å². The fraction of sp³-hybridized carbons (Fsp3) is 0.111. The molecule has 0 fully saturated rings. The van der Waals surface area contributed by atoms with Gasteiger partial charge in [-0.25, -0.2) is 4.79 Å². The number of aliphatic hydroxyl groups is 1. The second-order valence-electron chi connectivity index (χ2n) is 3.00. The van der Waals surface area contributed by atoms with Gasteiger partial charge in [-0.15, -0.1) is 0 Å². The molecule has 1 aliphatic heterocycles. The third-order valence-electron chi connectivity index (χ3n) is 2.10. The Morgan fingerprint density at radius 1 is 1.43 bits per heavy atom. The number of amides is 1. The Morgan fingerprint density at radius 2 is 2.14 bits per heavy atom. The number of fused-ring (bicyclic) bond motifs is 1. The molecule has 0 saturated carbocycles. The lowest BCUT2D eigenvalue weighted by Gasteiger charge is -2.00. The van der Waals surface area contributed by atoms with Crippen LogP contribution in [-0.4, -0.2) is 22.1 Å². The molecule has 0 bridgehead atoms. The quantitative estimate of drug-likeness (QED) is 0.601. The average molecular weight is 193 g/mol. The first-order valence-corrected chi connectivity index (χ1v) is 3.96. The number of hydrogen-bond acceptors (Lipinski definition) is 3. The van der Waals surface area contributed by atoms with Crippen LogP contribution >= 0.6 is 0 Å². The summed E-state index contributed by atoms with van der Waals surface area (Å²) in [6.45, 7) is 0. The van der Waals surface area contributed by atoms with Crippen LogP contribution < -0.4 is 5.32 Å². The summed E-state index contributed by atoms with van der Waals surface area (Å²) in [5.74, 6) is -1.59. The highest BCUT2D eigenvalue weighted by Gasteiger charge is 2.28. The molecule has 72 valence electrons. The Kier molecular flexibility index (Phi) is 1.75. The van der Waals surface area contributed by atoms with Crippen molar-refractivity contribution in [1.29, 1.82) is 0 Å². The number of anilines is 1. The maximum atomic E-state index is 11.0. The molecule has 1 aromatic rings. The van der Waals surface area contributed by atoms with Crippen molar-refractivity contribution in [3.05, 3.63) is 29.3 Å². The van der Waals surface area contributed by atoms with E-state index in [0.717, 1.165) is 0 Å². The third kappa shape index (κ3) is 1.14. The summed E-state index contributed by atoms with van der Waals surface area (Å²) in [6.07, 6.45) is -1.19. The van der Waals surface area contributed by atoms with Gasteiger partial charge < -0.3 is 15.5 Å². The second-order valence-corrected chi connectivity index (χ2v) is 3.00. The van der Waals surface area contributed by atoms with Crippen molar-refractivity contribution in [3.63, 3.8) is 0 Å². The molecule has 1 atom stereocenters. The van der Waals surface area contributed by atoms with E-state index in [1.165, 1.54) is 18.2 Å². The van der Waals surface area contributed by atoms with Crippen molar-refractivity contribution >= 4 is 17.6 Å². The zero-order valence-corrected chi connectivity index (χ0v) is 7.02. The SMILES string of the molecule is O=C(O)c1ccc2c(c1)NC(=O)C2O. The van der Waals surface area contributed by atoms with Crippen LogP contribution in [0, 0.1) is 0 Å². The summed E-state index contributed by atoms with van der Waals surface area (Å²) in [7, 11) is 0. The lowest BCUT2D eigenvalue weighted by molar-refractivity contribution is -0.123. The van der Waals surface area contributed by atoms with Crippen molar-refractivity contribution in [2.75, 3.05) is 5.32 Å². The van der Waals surface area contributed by atoms with Crippen molar-refractivity contribution in [2.24, 2.45) is 0 Å². The minimum absolute atomic E-state index is 0.0816. The molecule has 1 aliphatic rings. The molecule has 3 N–H and O–H groups in total. The number of carboxylic acid groups (broad SMARTS) is 1. The summed E-state index contributed by atoms with van der Waals surface area (Å²) in [6, 6.07) is 4.11.